The number of pyridine rings is 1. The van der Waals surface area contributed by atoms with Crippen molar-refractivity contribution in [2.45, 2.75) is 0 Å². The zero-order valence-corrected chi connectivity index (χ0v) is 7.48. The smallest absolute Gasteiger partial charge is 0.165 e. The van der Waals surface area contributed by atoms with E-state index in [0.29, 0.717) is 11.5 Å². The molecule has 0 amide bonds. The largest absolute Gasteiger partial charge is 0.396 e. The highest BCUT2D eigenvalue weighted by atomic mass is 16.7. The van der Waals surface area contributed by atoms with Gasteiger partial charge >= 0.3 is 0 Å². The molecule has 68 valence electrons. The molecule has 0 atom stereocenters. The average Bonchev–Trinajstić information content (AvgIpc) is 2.17. The summed E-state index contributed by atoms with van der Waals surface area (Å²) < 4.78 is 0. The van der Waals surface area contributed by atoms with Gasteiger partial charge in [0.1, 0.15) is 6.07 Å². The second kappa shape index (κ2) is 3.74. The zero-order valence-electron chi connectivity index (χ0n) is 7.48. The maximum atomic E-state index is 8.65. The van der Waals surface area contributed by atoms with Crippen LogP contribution in [0, 0.1) is 11.3 Å². The first-order valence-electron chi connectivity index (χ1n) is 3.63. The van der Waals surface area contributed by atoms with Crippen molar-refractivity contribution in [3.8, 4) is 6.07 Å². The number of aromatic nitrogens is 1. The molecule has 0 spiro atoms. The quantitative estimate of drug-likeness (QED) is 0.668. The molecule has 0 saturated heterocycles. The van der Waals surface area contributed by atoms with Crippen molar-refractivity contribution in [2.24, 2.45) is 0 Å². The second-order valence-corrected chi connectivity index (χ2v) is 2.40. The number of anilines is 2. The van der Waals surface area contributed by atoms with Gasteiger partial charge in [-0.15, -0.1) is 0 Å². The molecule has 0 aliphatic carbocycles. The van der Waals surface area contributed by atoms with Crippen LogP contribution in [0.1, 0.15) is 5.69 Å². The second-order valence-electron chi connectivity index (χ2n) is 2.40. The van der Waals surface area contributed by atoms with Crippen LogP contribution in [0.25, 0.3) is 0 Å². The number of nitrogen functional groups attached to an aromatic ring is 1. The molecule has 5 heteroatoms. The van der Waals surface area contributed by atoms with Crippen molar-refractivity contribution in [1.29, 1.82) is 5.26 Å². The van der Waals surface area contributed by atoms with E-state index >= 15 is 0 Å². The van der Waals surface area contributed by atoms with E-state index in [1.54, 1.807) is 19.2 Å². The number of nitrogens with zero attached hydrogens (tertiary/aromatic N) is 3. The van der Waals surface area contributed by atoms with Crippen molar-refractivity contribution in [1.82, 2.24) is 4.98 Å². The Hall–Kier alpha value is -1.80. The van der Waals surface area contributed by atoms with E-state index in [9.17, 15) is 0 Å². The maximum Gasteiger partial charge on any atom is 0.165 e. The van der Waals surface area contributed by atoms with Gasteiger partial charge in [0.25, 0.3) is 0 Å². The number of nitriles is 1. The number of rotatable bonds is 2. The highest BCUT2D eigenvalue weighted by Gasteiger charge is 2.04. The summed E-state index contributed by atoms with van der Waals surface area (Å²) in [6, 6.07) is 5.20. The molecule has 0 aliphatic rings. The lowest BCUT2D eigenvalue weighted by molar-refractivity contribution is 0.182. The predicted octanol–water partition coefficient (Wildman–Crippen LogP) is 0.533. The molecule has 1 aromatic heterocycles. The van der Waals surface area contributed by atoms with Gasteiger partial charge in [0.2, 0.25) is 0 Å². The number of hydroxylamine groups is 1. The van der Waals surface area contributed by atoms with Gasteiger partial charge in [0.05, 0.1) is 12.8 Å². The van der Waals surface area contributed by atoms with Crippen LogP contribution in [-0.2, 0) is 4.84 Å². The van der Waals surface area contributed by atoms with Crippen LogP contribution in [0.4, 0.5) is 11.5 Å². The lowest BCUT2D eigenvalue weighted by Gasteiger charge is -2.14. The van der Waals surface area contributed by atoms with Crippen molar-refractivity contribution in [2.75, 3.05) is 25.0 Å². The average molecular weight is 178 g/mol. The lowest BCUT2D eigenvalue weighted by Crippen LogP contribution is -2.16. The van der Waals surface area contributed by atoms with Crippen LogP contribution in [-0.4, -0.2) is 19.1 Å². The van der Waals surface area contributed by atoms with Crippen LogP contribution in [0.5, 0.6) is 0 Å². The molecule has 1 heterocycles. The van der Waals surface area contributed by atoms with Crippen LogP contribution in [0.15, 0.2) is 12.1 Å². The molecule has 0 fully saturated rings. The fourth-order valence-electron chi connectivity index (χ4n) is 0.818. The summed E-state index contributed by atoms with van der Waals surface area (Å²) in [6.45, 7) is 0. The van der Waals surface area contributed by atoms with E-state index in [1.807, 2.05) is 6.07 Å². The minimum absolute atomic E-state index is 0.210. The highest BCUT2D eigenvalue weighted by Crippen LogP contribution is 2.14. The van der Waals surface area contributed by atoms with Crippen LogP contribution >= 0.6 is 0 Å². The SMILES string of the molecule is CON(C)c1ccc(N)c(C#N)n1. The fourth-order valence-corrected chi connectivity index (χ4v) is 0.818. The van der Waals surface area contributed by atoms with E-state index in [0.717, 1.165) is 0 Å². The lowest BCUT2D eigenvalue weighted by atomic mass is 10.3. The fraction of sp³-hybridized carbons (Fsp3) is 0.250. The molecule has 2 N–H and O–H groups in total. The van der Waals surface area contributed by atoms with E-state index in [1.165, 1.54) is 12.2 Å². The van der Waals surface area contributed by atoms with E-state index in [4.69, 9.17) is 15.8 Å². The Balaban J connectivity index is 3.08. The Kier molecular flexibility index (Phi) is 2.67. The van der Waals surface area contributed by atoms with Gasteiger partial charge in [-0.2, -0.15) is 5.26 Å². The summed E-state index contributed by atoms with van der Waals surface area (Å²) in [5.41, 5.74) is 6.08. The Morgan fingerprint density at radius 2 is 2.31 bits per heavy atom. The van der Waals surface area contributed by atoms with E-state index in [2.05, 4.69) is 4.98 Å². The summed E-state index contributed by atoms with van der Waals surface area (Å²) in [6.07, 6.45) is 0. The Labute approximate surface area is 76.3 Å². The molecule has 1 rings (SSSR count). The van der Waals surface area contributed by atoms with Crippen LogP contribution < -0.4 is 10.8 Å². The molecule has 13 heavy (non-hydrogen) atoms. The molecule has 5 nitrogen and oxygen atoms in total. The summed E-state index contributed by atoms with van der Waals surface area (Å²) in [5.74, 6) is 0.549. The standard InChI is InChI=1S/C8H10N4O/c1-12(13-2)8-4-3-6(10)7(5-9)11-8/h3-4H,10H2,1-2H3. The van der Waals surface area contributed by atoms with Crippen molar-refractivity contribution < 1.29 is 4.84 Å². The minimum Gasteiger partial charge on any atom is -0.396 e. The predicted molar refractivity (Wildman–Crippen MR) is 48.8 cm³/mol. The van der Waals surface area contributed by atoms with Gasteiger partial charge in [-0.1, -0.05) is 0 Å². The molecule has 0 unspecified atom stereocenters. The molecule has 0 radical (unpaired) electrons. The van der Waals surface area contributed by atoms with Crippen LogP contribution in [0.2, 0.25) is 0 Å². The van der Waals surface area contributed by atoms with Crippen molar-refractivity contribution in [3.05, 3.63) is 17.8 Å². The molecule has 0 aromatic carbocycles. The molecule has 0 saturated carbocycles. The Bertz CT molecular complexity index is 344. The first-order chi connectivity index (χ1) is 6.19. The Morgan fingerprint density at radius 3 is 2.85 bits per heavy atom. The summed E-state index contributed by atoms with van der Waals surface area (Å²) in [5, 5.41) is 10.1. The first kappa shape index (κ1) is 9.29. The summed E-state index contributed by atoms with van der Waals surface area (Å²) in [7, 11) is 3.21. The van der Waals surface area contributed by atoms with Crippen molar-refractivity contribution >= 4 is 11.5 Å². The number of nitrogens with two attached hydrogens (primary N) is 1. The third kappa shape index (κ3) is 1.86. The molecule has 1 aromatic rings. The van der Waals surface area contributed by atoms with Gasteiger partial charge in [0, 0.05) is 7.05 Å². The number of hydrogen-bond acceptors (Lipinski definition) is 5. The highest BCUT2D eigenvalue weighted by molar-refractivity contribution is 5.54. The van der Waals surface area contributed by atoms with Gasteiger partial charge in [-0.3, -0.25) is 4.84 Å². The Morgan fingerprint density at radius 1 is 1.62 bits per heavy atom. The summed E-state index contributed by atoms with van der Waals surface area (Å²) in [4.78, 5) is 8.87. The van der Waals surface area contributed by atoms with E-state index < -0.39 is 0 Å². The third-order valence-electron chi connectivity index (χ3n) is 1.61. The topological polar surface area (TPSA) is 75.2 Å². The van der Waals surface area contributed by atoms with E-state index in [-0.39, 0.29) is 5.69 Å². The third-order valence-corrected chi connectivity index (χ3v) is 1.61. The van der Waals surface area contributed by atoms with Gasteiger partial charge in [-0.25, -0.2) is 10.0 Å². The number of hydrogen-bond donors (Lipinski definition) is 1. The molecular weight excluding hydrogens is 168 g/mol. The molecular formula is C8H10N4O. The van der Waals surface area contributed by atoms with Crippen LogP contribution in [0.3, 0.4) is 0 Å². The van der Waals surface area contributed by atoms with Crippen molar-refractivity contribution in [3.63, 3.8) is 0 Å². The zero-order chi connectivity index (χ0) is 9.84. The maximum absolute atomic E-state index is 8.65. The molecule has 0 aliphatic heterocycles. The summed E-state index contributed by atoms with van der Waals surface area (Å²) >= 11 is 0. The monoisotopic (exact) mass is 178 g/mol. The van der Waals surface area contributed by atoms with Gasteiger partial charge in [-0.05, 0) is 12.1 Å². The van der Waals surface area contributed by atoms with Gasteiger partial charge < -0.3 is 5.73 Å². The minimum atomic E-state index is 0.210. The normalized spacial score (nSPS) is 9.31. The first-order valence-corrected chi connectivity index (χ1v) is 3.63. The molecule has 0 bridgehead atoms. The van der Waals surface area contributed by atoms with Gasteiger partial charge in [0.15, 0.2) is 11.5 Å².